The Labute approximate surface area is 94.5 Å². The van der Waals surface area contributed by atoms with Crippen LogP contribution in [-0.4, -0.2) is 38.5 Å². The van der Waals surface area contributed by atoms with Gasteiger partial charge in [0, 0.05) is 6.54 Å². The molecule has 0 heterocycles. The van der Waals surface area contributed by atoms with Gasteiger partial charge in [-0.05, 0) is 33.2 Å². The smallest absolute Gasteiger partial charge is 0.0704 e. The lowest BCUT2D eigenvalue weighted by Gasteiger charge is -2.15. The van der Waals surface area contributed by atoms with E-state index in [2.05, 4.69) is 26.1 Å². The zero-order valence-electron chi connectivity index (χ0n) is 10.9. The Bertz CT molecular complexity index is 138. The van der Waals surface area contributed by atoms with Crippen molar-refractivity contribution in [3.8, 4) is 0 Å². The van der Waals surface area contributed by atoms with Gasteiger partial charge >= 0.3 is 0 Å². The maximum atomic E-state index is 5.59. The Morgan fingerprint density at radius 1 is 0.867 bits per heavy atom. The number of hydrogen-bond donors (Lipinski definition) is 1. The molecule has 1 N–H and O–H groups in total. The molecule has 0 radical (unpaired) electrons. The molecule has 0 bridgehead atoms. The summed E-state index contributed by atoms with van der Waals surface area (Å²) in [5.41, 5.74) is 0. The normalized spacial score (nSPS) is 13.8. The first-order chi connectivity index (χ1) is 7.02. The Balaban J connectivity index is 3.22. The summed E-state index contributed by atoms with van der Waals surface area (Å²) in [6.07, 6.45) is 0.558. The van der Waals surface area contributed by atoms with Crippen molar-refractivity contribution in [1.82, 2.24) is 5.32 Å². The summed E-state index contributed by atoms with van der Waals surface area (Å²) >= 11 is 0. The minimum atomic E-state index is 0.263. The molecule has 0 aliphatic rings. The standard InChI is InChI=1S/C12H27NO2/c1-10(2)8-13-9-12(5)15-7-6-14-11(3)4/h10-13H,6-9H2,1-5H3. The maximum absolute atomic E-state index is 5.59. The summed E-state index contributed by atoms with van der Waals surface area (Å²) in [6.45, 7) is 13.9. The van der Waals surface area contributed by atoms with Crippen molar-refractivity contribution >= 4 is 0 Å². The fourth-order valence-electron chi connectivity index (χ4n) is 1.17. The van der Waals surface area contributed by atoms with E-state index in [4.69, 9.17) is 9.47 Å². The molecule has 1 unspecified atom stereocenters. The van der Waals surface area contributed by atoms with E-state index in [-0.39, 0.29) is 6.10 Å². The molecule has 92 valence electrons. The van der Waals surface area contributed by atoms with Crippen LogP contribution in [0, 0.1) is 5.92 Å². The minimum Gasteiger partial charge on any atom is -0.376 e. The van der Waals surface area contributed by atoms with Crippen molar-refractivity contribution in [2.45, 2.75) is 46.8 Å². The van der Waals surface area contributed by atoms with E-state index >= 15 is 0 Å². The zero-order valence-corrected chi connectivity index (χ0v) is 10.9. The largest absolute Gasteiger partial charge is 0.376 e. The van der Waals surface area contributed by atoms with Crippen molar-refractivity contribution < 1.29 is 9.47 Å². The summed E-state index contributed by atoms with van der Waals surface area (Å²) in [5, 5.41) is 3.37. The Hall–Kier alpha value is -0.120. The van der Waals surface area contributed by atoms with Gasteiger partial charge in [-0.3, -0.25) is 0 Å². The van der Waals surface area contributed by atoms with Crippen molar-refractivity contribution in [1.29, 1.82) is 0 Å². The average molecular weight is 217 g/mol. The molecule has 0 fully saturated rings. The van der Waals surface area contributed by atoms with Crippen LogP contribution in [0.4, 0.5) is 0 Å². The van der Waals surface area contributed by atoms with Gasteiger partial charge in [-0.1, -0.05) is 13.8 Å². The minimum absolute atomic E-state index is 0.263. The molecule has 0 spiro atoms. The monoisotopic (exact) mass is 217 g/mol. The first-order valence-electron chi connectivity index (χ1n) is 5.96. The van der Waals surface area contributed by atoms with Crippen LogP contribution in [0.5, 0.6) is 0 Å². The van der Waals surface area contributed by atoms with E-state index in [1.54, 1.807) is 0 Å². The third-order valence-corrected chi connectivity index (χ3v) is 1.92. The molecule has 0 aliphatic carbocycles. The van der Waals surface area contributed by atoms with E-state index in [9.17, 15) is 0 Å². The molecule has 0 amide bonds. The van der Waals surface area contributed by atoms with Crippen LogP contribution in [-0.2, 0) is 9.47 Å². The summed E-state index contributed by atoms with van der Waals surface area (Å²) in [6, 6.07) is 0. The van der Waals surface area contributed by atoms with Gasteiger partial charge < -0.3 is 14.8 Å². The third-order valence-electron chi connectivity index (χ3n) is 1.92. The fraction of sp³-hybridized carbons (Fsp3) is 1.00. The van der Waals surface area contributed by atoms with E-state index in [0.717, 1.165) is 13.1 Å². The molecular weight excluding hydrogens is 190 g/mol. The van der Waals surface area contributed by atoms with Crippen LogP contribution in [0.1, 0.15) is 34.6 Å². The lowest BCUT2D eigenvalue weighted by atomic mass is 10.2. The van der Waals surface area contributed by atoms with Crippen molar-refractivity contribution in [2.24, 2.45) is 5.92 Å². The number of ether oxygens (including phenoxy) is 2. The van der Waals surface area contributed by atoms with Crippen LogP contribution in [0.2, 0.25) is 0 Å². The summed E-state index contributed by atoms with van der Waals surface area (Å²) in [4.78, 5) is 0. The van der Waals surface area contributed by atoms with Crippen LogP contribution >= 0.6 is 0 Å². The topological polar surface area (TPSA) is 30.5 Å². The molecular formula is C12H27NO2. The van der Waals surface area contributed by atoms with Gasteiger partial charge in [0.05, 0.1) is 25.4 Å². The first-order valence-corrected chi connectivity index (χ1v) is 5.96. The molecule has 3 heteroatoms. The predicted octanol–water partition coefficient (Wildman–Crippen LogP) is 2.06. The van der Waals surface area contributed by atoms with Gasteiger partial charge in [-0.25, -0.2) is 0 Å². The summed E-state index contributed by atoms with van der Waals surface area (Å²) < 4.78 is 11.0. The molecule has 0 saturated heterocycles. The van der Waals surface area contributed by atoms with Crippen LogP contribution < -0.4 is 5.32 Å². The molecule has 0 aromatic rings. The van der Waals surface area contributed by atoms with E-state index in [0.29, 0.717) is 25.2 Å². The second-order valence-corrected chi connectivity index (χ2v) is 4.65. The van der Waals surface area contributed by atoms with Crippen LogP contribution in [0.25, 0.3) is 0 Å². The molecule has 0 aliphatic heterocycles. The number of rotatable bonds is 9. The summed E-state index contributed by atoms with van der Waals surface area (Å²) in [5.74, 6) is 0.696. The molecule has 1 atom stereocenters. The van der Waals surface area contributed by atoms with Gasteiger partial charge in [0.15, 0.2) is 0 Å². The lowest BCUT2D eigenvalue weighted by molar-refractivity contribution is -0.00618. The van der Waals surface area contributed by atoms with E-state index in [1.807, 2.05) is 13.8 Å². The molecule has 3 nitrogen and oxygen atoms in total. The van der Waals surface area contributed by atoms with Crippen LogP contribution in [0.3, 0.4) is 0 Å². The second kappa shape index (κ2) is 9.13. The SMILES string of the molecule is CC(C)CNCC(C)OCCOC(C)C. The molecule has 15 heavy (non-hydrogen) atoms. The van der Waals surface area contributed by atoms with Crippen molar-refractivity contribution in [3.05, 3.63) is 0 Å². The van der Waals surface area contributed by atoms with Crippen molar-refractivity contribution in [3.63, 3.8) is 0 Å². The third kappa shape index (κ3) is 11.8. The molecule has 0 saturated carbocycles. The first kappa shape index (κ1) is 14.9. The van der Waals surface area contributed by atoms with Crippen LogP contribution in [0.15, 0.2) is 0 Å². The zero-order chi connectivity index (χ0) is 11.7. The number of hydrogen-bond acceptors (Lipinski definition) is 3. The Morgan fingerprint density at radius 3 is 2.00 bits per heavy atom. The van der Waals surface area contributed by atoms with Gasteiger partial charge in [0.2, 0.25) is 0 Å². The number of nitrogens with one attached hydrogen (secondary N) is 1. The highest BCUT2D eigenvalue weighted by Gasteiger charge is 2.02. The highest BCUT2D eigenvalue weighted by atomic mass is 16.5. The average Bonchev–Trinajstić information content (AvgIpc) is 2.11. The Morgan fingerprint density at radius 2 is 1.47 bits per heavy atom. The molecule has 0 rings (SSSR count). The van der Waals surface area contributed by atoms with Gasteiger partial charge in [-0.15, -0.1) is 0 Å². The quantitative estimate of drug-likeness (QED) is 0.600. The highest BCUT2D eigenvalue weighted by molar-refractivity contribution is 4.57. The summed E-state index contributed by atoms with van der Waals surface area (Å²) in [7, 11) is 0. The lowest BCUT2D eigenvalue weighted by Crippen LogP contribution is -2.30. The molecule has 0 aromatic carbocycles. The van der Waals surface area contributed by atoms with Crippen molar-refractivity contribution in [2.75, 3.05) is 26.3 Å². The Kier molecular flexibility index (Phi) is 9.06. The van der Waals surface area contributed by atoms with Gasteiger partial charge in [0.25, 0.3) is 0 Å². The maximum Gasteiger partial charge on any atom is 0.0704 e. The predicted molar refractivity (Wildman–Crippen MR) is 64.2 cm³/mol. The van der Waals surface area contributed by atoms with E-state index < -0.39 is 0 Å². The second-order valence-electron chi connectivity index (χ2n) is 4.65. The highest BCUT2D eigenvalue weighted by Crippen LogP contribution is 1.93. The van der Waals surface area contributed by atoms with Gasteiger partial charge in [0.1, 0.15) is 0 Å². The van der Waals surface area contributed by atoms with E-state index in [1.165, 1.54) is 0 Å². The fourth-order valence-corrected chi connectivity index (χ4v) is 1.17. The molecule has 0 aromatic heterocycles. The van der Waals surface area contributed by atoms with Gasteiger partial charge in [-0.2, -0.15) is 0 Å².